The van der Waals surface area contributed by atoms with E-state index in [2.05, 4.69) is 85.2 Å². The molecule has 0 aliphatic carbocycles. The minimum atomic E-state index is -4.74. The summed E-state index contributed by atoms with van der Waals surface area (Å²) < 4.78 is 32.6. The van der Waals surface area contributed by atoms with E-state index in [0.717, 1.165) is 70.6 Å². The molecule has 0 heterocycles. The van der Waals surface area contributed by atoms with Crippen molar-refractivity contribution in [1.29, 1.82) is 0 Å². The van der Waals surface area contributed by atoms with E-state index in [9.17, 15) is 23.8 Å². The molecule has 0 spiro atoms. The Labute approximate surface area is 350 Å². The molecule has 58 heavy (non-hydrogen) atoms. The van der Waals surface area contributed by atoms with Gasteiger partial charge in [-0.15, -0.1) is 0 Å². The fourth-order valence-electron chi connectivity index (χ4n) is 5.26. The highest BCUT2D eigenvalue weighted by Crippen LogP contribution is 2.43. The first-order valence-corrected chi connectivity index (χ1v) is 23.1. The quantitative estimate of drug-likeness (QED) is 0.0233. The van der Waals surface area contributed by atoms with Gasteiger partial charge in [0.1, 0.15) is 12.6 Å². The van der Waals surface area contributed by atoms with Gasteiger partial charge in [0.05, 0.1) is 13.2 Å². The highest BCUT2D eigenvalue weighted by Gasteiger charge is 2.28. The highest BCUT2D eigenvalue weighted by molar-refractivity contribution is 7.47. The number of carbonyl (C=O) groups is 3. The van der Waals surface area contributed by atoms with Crippen LogP contribution in [-0.2, 0) is 37.5 Å². The zero-order chi connectivity index (χ0) is 42.8. The average Bonchev–Trinajstić information content (AvgIpc) is 3.20. The molecule has 1 unspecified atom stereocenters. The summed E-state index contributed by atoms with van der Waals surface area (Å²) in [5, 5.41) is 8.89. The van der Waals surface area contributed by atoms with Gasteiger partial charge in [-0.05, 0) is 77.0 Å². The minimum absolute atomic E-state index is 0.0300. The largest absolute Gasteiger partial charge is 0.480 e. The van der Waals surface area contributed by atoms with Gasteiger partial charge in [0.25, 0.3) is 0 Å². The molecule has 3 atom stereocenters. The van der Waals surface area contributed by atoms with E-state index in [0.29, 0.717) is 19.3 Å². The number of phosphoric ester groups is 1. The lowest BCUT2D eigenvalue weighted by atomic mass is 10.1. The number of esters is 2. The van der Waals surface area contributed by atoms with Crippen molar-refractivity contribution in [2.45, 2.75) is 167 Å². The molecule has 0 aromatic heterocycles. The van der Waals surface area contributed by atoms with E-state index >= 15 is 0 Å². The molecule has 12 heteroatoms. The van der Waals surface area contributed by atoms with Crippen molar-refractivity contribution in [3.05, 3.63) is 85.1 Å². The molecule has 0 radical (unpaired) electrons. The second-order valence-corrected chi connectivity index (χ2v) is 15.5. The van der Waals surface area contributed by atoms with Crippen LogP contribution in [0.15, 0.2) is 85.1 Å². The van der Waals surface area contributed by atoms with Crippen molar-refractivity contribution >= 4 is 25.7 Å². The normalized spacial score (nSPS) is 14.6. The van der Waals surface area contributed by atoms with Gasteiger partial charge in [0.15, 0.2) is 6.10 Å². The van der Waals surface area contributed by atoms with Crippen LogP contribution in [0.25, 0.3) is 0 Å². The van der Waals surface area contributed by atoms with Crippen molar-refractivity contribution < 1.29 is 47.5 Å². The third kappa shape index (κ3) is 39.5. The van der Waals surface area contributed by atoms with Crippen molar-refractivity contribution in [3.63, 3.8) is 0 Å². The number of aliphatic carboxylic acids is 1. The van der Waals surface area contributed by atoms with Gasteiger partial charge < -0.3 is 25.2 Å². The molecule has 0 bridgehead atoms. The summed E-state index contributed by atoms with van der Waals surface area (Å²) in [5.74, 6) is -2.51. The fraction of sp³-hybridized carbons (Fsp3) is 0.630. The van der Waals surface area contributed by atoms with Gasteiger partial charge >= 0.3 is 25.7 Å². The molecule has 4 N–H and O–H groups in total. The number of allylic oxidation sites excluding steroid dienone is 14. The lowest BCUT2D eigenvalue weighted by Gasteiger charge is -2.20. The van der Waals surface area contributed by atoms with Crippen molar-refractivity contribution in [3.8, 4) is 0 Å². The van der Waals surface area contributed by atoms with E-state index in [-0.39, 0.29) is 19.4 Å². The van der Waals surface area contributed by atoms with Crippen molar-refractivity contribution in [2.24, 2.45) is 5.73 Å². The fourth-order valence-corrected chi connectivity index (χ4v) is 6.04. The SMILES string of the molecule is CC/C=C/C/C=C/C/C=C/C/C=C/C/C=C/C/C=C/CCC(=O)O[C@H](COC(=O)CCCCCCC/C=C/CCCCCCCC)COP(=O)(O)OC[C@H](N)C(=O)O. The predicted molar refractivity (Wildman–Crippen MR) is 235 cm³/mol. The van der Waals surface area contributed by atoms with E-state index in [1.807, 2.05) is 18.2 Å². The van der Waals surface area contributed by atoms with Crippen LogP contribution in [0.2, 0.25) is 0 Å². The summed E-state index contributed by atoms with van der Waals surface area (Å²) >= 11 is 0. The number of rotatable bonds is 39. The Morgan fingerprint density at radius 2 is 1.00 bits per heavy atom. The second-order valence-electron chi connectivity index (χ2n) is 14.1. The van der Waals surface area contributed by atoms with E-state index in [1.54, 1.807) is 0 Å². The van der Waals surface area contributed by atoms with Gasteiger partial charge in [-0.1, -0.05) is 150 Å². The third-order valence-electron chi connectivity index (χ3n) is 8.64. The van der Waals surface area contributed by atoms with Crippen LogP contribution in [-0.4, -0.2) is 59.9 Å². The molecule has 0 aliphatic rings. The van der Waals surface area contributed by atoms with Gasteiger partial charge in [-0.2, -0.15) is 0 Å². The number of carboxylic acids is 1. The molecule has 0 aromatic rings. The molecule has 0 saturated carbocycles. The van der Waals surface area contributed by atoms with Crippen LogP contribution in [0.1, 0.15) is 155 Å². The summed E-state index contributed by atoms with van der Waals surface area (Å²) in [6, 6.07) is -1.54. The zero-order valence-corrected chi connectivity index (χ0v) is 36.5. The molecule has 0 saturated heterocycles. The van der Waals surface area contributed by atoms with E-state index in [4.69, 9.17) is 24.8 Å². The summed E-state index contributed by atoms with van der Waals surface area (Å²) in [5.41, 5.74) is 5.32. The molecule has 0 fully saturated rings. The standard InChI is InChI=1S/C46H76NO10P/c1-3-5-7-9-11-13-15-17-19-20-21-22-24-26-28-30-32-34-36-38-45(49)57-42(40-55-58(52,53)56-41-43(47)46(50)51)39-54-44(48)37-35-33-31-29-27-25-23-18-16-14-12-10-8-6-4-2/h5,7,11,13,17-19,21-23,26,28,32,34,42-43H,3-4,6,8-10,12,14-16,20,24-25,27,29-31,33,35-41,47H2,1-2H3,(H,50,51)(H,52,53)/b7-5+,13-11+,19-17+,22-21+,23-18+,28-26+,34-32+/t42-,43+/m1/s1. The smallest absolute Gasteiger partial charge is 0.472 e. The number of carbonyl (C=O) groups excluding carboxylic acids is 2. The lowest BCUT2D eigenvalue weighted by Crippen LogP contribution is -2.34. The Morgan fingerprint density at radius 1 is 0.552 bits per heavy atom. The van der Waals surface area contributed by atoms with Crippen LogP contribution >= 0.6 is 7.82 Å². The molecule has 0 amide bonds. The van der Waals surface area contributed by atoms with E-state index in [1.165, 1.54) is 38.5 Å². The number of hydrogen-bond donors (Lipinski definition) is 3. The van der Waals surface area contributed by atoms with Crippen LogP contribution < -0.4 is 5.73 Å². The minimum Gasteiger partial charge on any atom is -0.480 e. The number of nitrogens with two attached hydrogens (primary N) is 1. The van der Waals surface area contributed by atoms with Gasteiger partial charge in [0.2, 0.25) is 0 Å². The summed E-state index contributed by atoms with van der Waals surface area (Å²) in [6.07, 6.45) is 49.5. The number of hydrogen-bond acceptors (Lipinski definition) is 9. The predicted octanol–water partition coefficient (Wildman–Crippen LogP) is 11.5. The summed E-state index contributed by atoms with van der Waals surface area (Å²) in [6.45, 7) is 2.58. The average molecular weight is 834 g/mol. The first-order valence-electron chi connectivity index (χ1n) is 21.6. The lowest BCUT2D eigenvalue weighted by molar-refractivity contribution is -0.161. The van der Waals surface area contributed by atoms with Gasteiger partial charge in [-0.25, -0.2) is 4.57 Å². The third-order valence-corrected chi connectivity index (χ3v) is 9.59. The first kappa shape index (κ1) is 54.7. The number of carboxylic acid groups (broad SMARTS) is 1. The maximum absolute atomic E-state index is 12.6. The number of phosphoric acid groups is 1. The number of unbranched alkanes of at least 4 members (excludes halogenated alkanes) is 11. The van der Waals surface area contributed by atoms with Crippen LogP contribution in [0.4, 0.5) is 0 Å². The first-order chi connectivity index (χ1) is 28.1. The Balaban J connectivity index is 4.53. The van der Waals surface area contributed by atoms with Crippen molar-refractivity contribution in [1.82, 2.24) is 0 Å². The highest BCUT2D eigenvalue weighted by atomic mass is 31.2. The number of ether oxygens (including phenoxy) is 2. The topological polar surface area (TPSA) is 172 Å². The second kappa shape index (κ2) is 40.4. The van der Waals surface area contributed by atoms with Crippen LogP contribution in [0.5, 0.6) is 0 Å². The van der Waals surface area contributed by atoms with Crippen molar-refractivity contribution in [2.75, 3.05) is 19.8 Å². The Bertz CT molecular complexity index is 1300. The molecule has 330 valence electrons. The Hall–Kier alpha value is -3.34. The molecule has 11 nitrogen and oxygen atoms in total. The summed E-state index contributed by atoms with van der Waals surface area (Å²) in [7, 11) is -4.74. The van der Waals surface area contributed by atoms with Gasteiger partial charge in [-0.3, -0.25) is 23.4 Å². The van der Waals surface area contributed by atoms with Crippen LogP contribution in [0.3, 0.4) is 0 Å². The maximum Gasteiger partial charge on any atom is 0.472 e. The molecule has 0 rings (SSSR count). The molecule has 0 aromatic carbocycles. The zero-order valence-electron chi connectivity index (χ0n) is 35.6. The molecular formula is C46H76NO10P. The maximum atomic E-state index is 12.6. The molecular weight excluding hydrogens is 757 g/mol. The monoisotopic (exact) mass is 834 g/mol. The Kier molecular flexibility index (Phi) is 38.1. The van der Waals surface area contributed by atoms with Crippen LogP contribution in [0, 0.1) is 0 Å². The summed E-state index contributed by atoms with van der Waals surface area (Å²) in [4.78, 5) is 45.9. The Morgan fingerprint density at radius 3 is 1.52 bits per heavy atom. The molecule has 0 aliphatic heterocycles. The van der Waals surface area contributed by atoms with E-state index < -0.39 is 51.1 Å². The van der Waals surface area contributed by atoms with Gasteiger partial charge in [0, 0.05) is 12.8 Å².